The van der Waals surface area contributed by atoms with E-state index in [9.17, 15) is 9.59 Å². The predicted octanol–water partition coefficient (Wildman–Crippen LogP) is 5.17. The van der Waals surface area contributed by atoms with Gasteiger partial charge in [-0.25, -0.2) is 4.39 Å². The number of hydrogen-bond acceptors (Lipinski definition) is 3. The maximum absolute atomic E-state index is 15.1. The number of nitrogens with two attached hydrogens (primary N) is 1. The van der Waals surface area contributed by atoms with E-state index in [1.807, 2.05) is 68.7 Å². The van der Waals surface area contributed by atoms with Crippen LogP contribution in [0.4, 0.5) is 4.39 Å². The number of amides is 1. The zero-order valence-electron chi connectivity index (χ0n) is 20.0. The van der Waals surface area contributed by atoms with Crippen LogP contribution in [0.5, 0.6) is 0 Å². The predicted molar refractivity (Wildman–Crippen MR) is 136 cm³/mol. The Hall–Kier alpha value is -4.26. The van der Waals surface area contributed by atoms with Crippen LogP contribution >= 0.6 is 0 Å². The fourth-order valence-electron chi connectivity index (χ4n) is 4.52. The minimum Gasteiger partial charge on any atom is -0.366 e. The molecule has 0 atom stereocenters. The Morgan fingerprint density at radius 2 is 1.74 bits per heavy atom. The zero-order valence-corrected chi connectivity index (χ0v) is 20.0. The van der Waals surface area contributed by atoms with Crippen molar-refractivity contribution in [2.45, 2.75) is 33.1 Å². The van der Waals surface area contributed by atoms with Gasteiger partial charge in [0.05, 0.1) is 34.0 Å². The largest absolute Gasteiger partial charge is 0.366 e. The first-order valence-electron chi connectivity index (χ1n) is 11.3. The smallest absolute Gasteiger partial charge is 0.282 e. The molecule has 0 unspecified atom stereocenters. The maximum atomic E-state index is 15.1. The molecule has 0 bridgehead atoms. The lowest BCUT2D eigenvalue weighted by Gasteiger charge is -2.20. The molecule has 0 saturated carbocycles. The van der Waals surface area contributed by atoms with Crippen LogP contribution in [-0.2, 0) is 5.41 Å². The Morgan fingerprint density at radius 3 is 2.46 bits per heavy atom. The second-order valence-electron chi connectivity index (χ2n) is 9.75. The Kier molecular flexibility index (Phi) is 5.09. The van der Waals surface area contributed by atoms with Gasteiger partial charge >= 0.3 is 0 Å². The van der Waals surface area contributed by atoms with E-state index in [4.69, 9.17) is 5.73 Å². The summed E-state index contributed by atoms with van der Waals surface area (Å²) in [7, 11) is 0. The Balaban J connectivity index is 1.73. The molecule has 0 aliphatic rings. The summed E-state index contributed by atoms with van der Waals surface area (Å²) in [6.07, 6.45) is 3.22. The number of hydrogen-bond donors (Lipinski definition) is 1. The van der Waals surface area contributed by atoms with Crippen molar-refractivity contribution < 1.29 is 9.18 Å². The van der Waals surface area contributed by atoms with E-state index in [-0.39, 0.29) is 10.8 Å². The van der Waals surface area contributed by atoms with Gasteiger partial charge in [0, 0.05) is 17.0 Å². The molecule has 5 aromatic rings. The van der Waals surface area contributed by atoms with Crippen LogP contribution in [0, 0.1) is 12.7 Å². The highest BCUT2D eigenvalue weighted by Gasteiger charge is 2.20. The van der Waals surface area contributed by atoms with Crippen molar-refractivity contribution in [2.75, 3.05) is 0 Å². The van der Waals surface area contributed by atoms with Crippen molar-refractivity contribution in [3.63, 3.8) is 0 Å². The van der Waals surface area contributed by atoms with Crippen molar-refractivity contribution in [3.05, 3.63) is 99.9 Å². The highest BCUT2D eigenvalue weighted by Crippen LogP contribution is 2.30. The van der Waals surface area contributed by atoms with E-state index in [1.165, 1.54) is 16.9 Å². The third-order valence-electron chi connectivity index (χ3n) is 6.45. The summed E-state index contributed by atoms with van der Waals surface area (Å²) in [5.74, 6) is -1.09. The second kappa shape index (κ2) is 7.91. The highest BCUT2D eigenvalue weighted by molar-refractivity contribution is 6.06. The molecule has 1 amide bonds. The van der Waals surface area contributed by atoms with Gasteiger partial charge in [0.2, 0.25) is 0 Å². The standard InChI is InChI=1S/C28H25FN4O2/c1-16-22(32-15-20(26(30)34)19-8-5-6-9-24(19)32)10-7-11-23(16)33-27(35)25-17(14-31-33)12-18(13-21(25)29)28(2,3)4/h5-15H,1-4H3,(H2,30,34). The summed E-state index contributed by atoms with van der Waals surface area (Å²) in [5, 5.41) is 5.59. The fraction of sp³-hybridized carbons (Fsp3) is 0.179. The van der Waals surface area contributed by atoms with Gasteiger partial charge in [-0.15, -0.1) is 0 Å². The number of primary amides is 1. The maximum Gasteiger partial charge on any atom is 0.282 e. The van der Waals surface area contributed by atoms with E-state index in [1.54, 1.807) is 18.3 Å². The van der Waals surface area contributed by atoms with Gasteiger partial charge in [-0.2, -0.15) is 9.78 Å². The van der Waals surface area contributed by atoms with E-state index in [2.05, 4.69) is 5.10 Å². The Labute approximate surface area is 201 Å². The number of carbonyl (C=O) groups is 1. The molecule has 0 radical (unpaired) electrons. The van der Waals surface area contributed by atoms with Crippen molar-refractivity contribution in [3.8, 4) is 11.4 Å². The first kappa shape index (κ1) is 22.5. The molecule has 2 heterocycles. The molecule has 7 heteroatoms. The number of fused-ring (bicyclic) bond motifs is 2. The van der Waals surface area contributed by atoms with Crippen LogP contribution < -0.4 is 11.3 Å². The van der Waals surface area contributed by atoms with Crippen LogP contribution in [0.25, 0.3) is 33.1 Å². The fourth-order valence-corrected chi connectivity index (χ4v) is 4.52. The molecule has 0 aliphatic heterocycles. The highest BCUT2D eigenvalue weighted by atomic mass is 19.1. The van der Waals surface area contributed by atoms with Crippen molar-refractivity contribution in [2.24, 2.45) is 5.73 Å². The normalized spacial score (nSPS) is 11.9. The van der Waals surface area contributed by atoms with Gasteiger partial charge < -0.3 is 10.3 Å². The number of para-hydroxylation sites is 1. The van der Waals surface area contributed by atoms with Gasteiger partial charge in [0.1, 0.15) is 5.82 Å². The molecule has 0 aliphatic carbocycles. The molecule has 2 aromatic heterocycles. The minimum absolute atomic E-state index is 0.000215. The van der Waals surface area contributed by atoms with Gasteiger partial charge in [0.25, 0.3) is 11.5 Å². The first-order chi connectivity index (χ1) is 16.6. The zero-order chi connectivity index (χ0) is 25.1. The molecular formula is C28H25FN4O2. The van der Waals surface area contributed by atoms with Gasteiger partial charge in [-0.3, -0.25) is 9.59 Å². The Morgan fingerprint density at radius 1 is 1.03 bits per heavy atom. The molecule has 5 rings (SSSR count). The third-order valence-corrected chi connectivity index (χ3v) is 6.45. The van der Waals surface area contributed by atoms with Crippen molar-refractivity contribution in [1.82, 2.24) is 14.3 Å². The topological polar surface area (TPSA) is 82.9 Å². The minimum atomic E-state index is -0.565. The van der Waals surface area contributed by atoms with Gasteiger partial charge in [0.15, 0.2) is 0 Å². The van der Waals surface area contributed by atoms with Crippen LogP contribution in [0.2, 0.25) is 0 Å². The van der Waals surface area contributed by atoms with E-state index in [0.29, 0.717) is 16.6 Å². The van der Waals surface area contributed by atoms with Gasteiger partial charge in [-0.1, -0.05) is 45.0 Å². The summed E-state index contributed by atoms with van der Waals surface area (Å²) in [6.45, 7) is 7.84. The van der Waals surface area contributed by atoms with E-state index >= 15 is 4.39 Å². The molecule has 6 nitrogen and oxygen atoms in total. The number of benzene rings is 3. The number of aromatic nitrogens is 3. The summed E-state index contributed by atoms with van der Waals surface area (Å²) in [5.41, 5.74) is 8.84. The number of rotatable bonds is 3. The SMILES string of the molecule is Cc1c(-n2ncc3cc(C(C)(C)C)cc(F)c3c2=O)cccc1-n1cc(C(N)=O)c2ccccc21. The van der Waals surface area contributed by atoms with Crippen LogP contribution in [0.1, 0.15) is 42.3 Å². The monoisotopic (exact) mass is 468 g/mol. The van der Waals surface area contributed by atoms with Crippen LogP contribution in [0.15, 0.2) is 71.8 Å². The van der Waals surface area contributed by atoms with E-state index < -0.39 is 17.3 Å². The molecule has 3 aromatic carbocycles. The third kappa shape index (κ3) is 3.60. The number of halogens is 1. The van der Waals surface area contributed by atoms with Crippen LogP contribution in [0.3, 0.4) is 0 Å². The molecule has 35 heavy (non-hydrogen) atoms. The summed E-state index contributed by atoms with van der Waals surface area (Å²) >= 11 is 0. The lowest BCUT2D eigenvalue weighted by Crippen LogP contribution is -2.23. The second-order valence-corrected chi connectivity index (χ2v) is 9.75. The number of carbonyl (C=O) groups excluding carboxylic acids is 1. The quantitative estimate of drug-likeness (QED) is 0.396. The van der Waals surface area contributed by atoms with Crippen molar-refractivity contribution >= 4 is 27.6 Å². The van der Waals surface area contributed by atoms with Crippen LogP contribution in [-0.4, -0.2) is 20.3 Å². The summed E-state index contributed by atoms with van der Waals surface area (Å²) in [6, 6.07) is 16.2. The lowest BCUT2D eigenvalue weighted by molar-refractivity contribution is 0.100. The van der Waals surface area contributed by atoms with Gasteiger partial charge in [-0.05, 0) is 53.8 Å². The molecular weight excluding hydrogens is 443 g/mol. The first-order valence-corrected chi connectivity index (χ1v) is 11.3. The average Bonchev–Trinajstić information content (AvgIpc) is 3.19. The summed E-state index contributed by atoms with van der Waals surface area (Å²) < 4.78 is 18.2. The molecule has 0 spiro atoms. The lowest BCUT2D eigenvalue weighted by atomic mass is 9.86. The van der Waals surface area contributed by atoms with Crippen molar-refractivity contribution in [1.29, 1.82) is 0 Å². The molecule has 0 saturated heterocycles. The summed E-state index contributed by atoms with van der Waals surface area (Å²) in [4.78, 5) is 25.4. The van der Waals surface area contributed by atoms with E-state index in [0.717, 1.165) is 27.7 Å². The number of nitrogens with zero attached hydrogens (tertiary/aromatic N) is 3. The molecule has 0 fully saturated rings. The molecule has 176 valence electrons. The average molecular weight is 469 g/mol. The molecule has 2 N–H and O–H groups in total. The Bertz CT molecular complexity index is 1710.